The Kier molecular flexibility index (Phi) is 8.58. The van der Waals surface area contributed by atoms with Gasteiger partial charge in [-0.15, -0.1) is 11.3 Å². The van der Waals surface area contributed by atoms with Crippen LogP contribution in [0.5, 0.6) is 0 Å². The SMILES string of the molecule is CCOC(=O)c1ccc(NC(=O)C[C@@H]2C(=O)N(c3ccc(Cl)cc3)C(=S)N2CCc2sccc2C)cc1. The highest BCUT2D eigenvalue weighted by Gasteiger charge is 2.44. The van der Waals surface area contributed by atoms with Gasteiger partial charge in [0.25, 0.3) is 5.91 Å². The van der Waals surface area contributed by atoms with Crippen molar-refractivity contribution < 1.29 is 19.1 Å². The predicted molar refractivity (Wildman–Crippen MR) is 150 cm³/mol. The highest BCUT2D eigenvalue weighted by Crippen LogP contribution is 2.29. The van der Waals surface area contributed by atoms with Gasteiger partial charge in [-0.1, -0.05) is 11.6 Å². The number of thiocarbonyl (C=S) groups is 1. The Labute approximate surface area is 230 Å². The van der Waals surface area contributed by atoms with E-state index in [1.54, 1.807) is 66.8 Å². The number of anilines is 2. The zero-order chi connectivity index (χ0) is 26.5. The Balaban J connectivity index is 1.51. The van der Waals surface area contributed by atoms with E-state index in [4.69, 9.17) is 28.6 Å². The number of rotatable bonds is 9. The number of hydrogen-bond donors (Lipinski definition) is 1. The molecule has 7 nitrogen and oxygen atoms in total. The normalized spacial score (nSPS) is 15.3. The summed E-state index contributed by atoms with van der Waals surface area (Å²) in [4.78, 5) is 42.9. The number of hydrogen-bond acceptors (Lipinski definition) is 6. The van der Waals surface area contributed by atoms with E-state index in [1.165, 1.54) is 15.3 Å². The van der Waals surface area contributed by atoms with E-state index in [2.05, 4.69) is 18.3 Å². The van der Waals surface area contributed by atoms with E-state index < -0.39 is 12.0 Å². The third-order valence-electron chi connectivity index (χ3n) is 6.01. The fourth-order valence-electron chi connectivity index (χ4n) is 4.09. The van der Waals surface area contributed by atoms with Gasteiger partial charge in [0.05, 0.1) is 24.3 Å². The minimum Gasteiger partial charge on any atom is -0.462 e. The molecule has 4 rings (SSSR count). The summed E-state index contributed by atoms with van der Waals surface area (Å²) in [5.74, 6) is -1.02. The molecule has 2 amide bonds. The first-order valence-corrected chi connectivity index (χ1v) is 13.4. The molecule has 192 valence electrons. The lowest BCUT2D eigenvalue weighted by Gasteiger charge is -2.24. The number of nitrogens with one attached hydrogen (secondary N) is 1. The molecule has 2 heterocycles. The van der Waals surface area contributed by atoms with Crippen molar-refractivity contribution >= 4 is 69.4 Å². The largest absolute Gasteiger partial charge is 0.462 e. The Bertz CT molecular complexity index is 1310. The maximum atomic E-state index is 13.5. The molecule has 1 saturated heterocycles. The van der Waals surface area contributed by atoms with Crippen LogP contribution in [0.4, 0.5) is 11.4 Å². The van der Waals surface area contributed by atoms with Gasteiger partial charge < -0.3 is 15.0 Å². The van der Waals surface area contributed by atoms with Gasteiger partial charge in [-0.2, -0.15) is 0 Å². The van der Waals surface area contributed by atoms with Crippen molar-refractivity contribution in [3.8, 4) is 0 Å². The zero-order valence-electron chi connectivity index (χ0n) is 20.4. The van der Waals surface area contributed by atoms with Gasteiger partial charge in [0, 0.05) is 22.1 Å². The van der Waals surface area contributed by atoms with Crippen molar-refractivity contribution in [2.24, 2.45) is 0 Å². The summed E-state index contributed by atoms with van der Waals surface area (Å²) in [6.07, 6.45) is 0.630. The summed E-state index contributed by atoms with van der Waals surface area (Å²) in [7, 11) is 0. The summed E-state index contributed by atoms with van der Waals surface area (Å²) >= 11 is 13.4. The maximum Gasteiger partial charge on any atom is 0.338 e. The first-order valence-electron chi connectivity index (χ1n) is 11.8. The lowest BCUT2D eigenvalue weighted by molar-refractivity contribution is -0.124. The van der Waals surface area contributed by atoms with Crippen molar-refractivity contribution in [2.45, 2.75) is 32.7 Å². The molecule has 1 aliphatic heterocycles. The number of ether oxygens (including phenoxy) is 1. The van der Waals surface area contributed by atoms with Crippen molar-refractivity contribution in [1.29, 1.82) is 0 Å². The van der Waals surface area contributed by atoms with E-state index in [1.807, 2.05) is 10.3 Å². The van der Waals surface area contributed by atoms with Crippen LogP contribution in [0.3, 0.4) is 0 Å². The molecule has 3 aromatic rings. The number of benzene rings is 2. The van der Waals surface area contributed by atoms with Crippen molar-refractivity contribution in [3.63, 3.8) is 0 Å². The van der Waals surface area contributed by atoms with Crippen LogP contribution in [0.1, 0.15) is 34.1 Å². The minimum absolute atomic E-state index is 0.0773. The van der Waals surface area contributed by atoms with E-state index in [-0.39, 0.29) is 24.8 Å². The van der Waals surface area contributed by atoms with Crippen LogP contribution in [0.15, 0.2) is 60.0 Å². The number of carbonyl (C=O) groups is 3. The van der Waals surface area contributed by atoms with Gasteiger partial charge in [0.15, 0.2) is 5.11 Å². The number of esters is 1. The smallest absolute Gasteiger partial charge is 0.338 e. The molecular formula is C27H26ClN3O4S2. The molecule has 0 spiro atoms. The first kappa shape index (κ1) is 26.8. The number of nitrogens with zero attached hydrogens (tertiary/aromatic N) is 2. The Morgan fingerprint density at radius 3 is 2.43 bits per heavy atom. The molecule has 0 radical (unpaired) electrons. The topological polar surface area (TPSA) is 78.9 Å². The summed E-state index contributed by atoms with van der Waals surface area (Å²) in [6, 6.07) is 14.6. The fraction of sp³-hybridized carbons (Fsp3) is 0.259. The van der Waals surface area contributed by atoms with Crippen molar-refractivity contribution in [3.05, 3.63) is 81.0 Å². The van der Waals surface area contributed by atoms with Gasteiger partial charge >= 0.3 is 5.97 Å². The highest BCUT2D eigenvalue weighted by molar-refractivity contribution is 7.80. The van der Waals surface area contributed by atoms with Gasteiger partial charge in [0.2, 0.25) is 5.91 Å². The second-order valence-electron chi connectivity index (χ2n) is 8.47. The van der Waals surface area contributed by atoms with E-state index >= 15 is 0 Å². The second-order valence-corrected chi connectivity index (χ2v) is 10.3. The number of amides is 2. The average molecular weight is 556 g/mol. The third kappa shape index (κ3) is 6.18. The molecule has 0 unspecified atom stereocenters. The Morgan fingerprint density at radius 2 is 1.81 bits per heavy atom. The number of thiophene rings is 1. The standard InChI is InChI=1S/C27H26ClN3O4S2/c1-3-35-26(34)18-4-8-20(9-5-18)29-24(32)16-22-25(33)31(21-10-6-19(28)7-11-21)27(36)30(22)14-12-23-17(2)13-15-37-23/h4-11,13,15,22H,3,12,14,16H2,1-2H3,(H,29,32)/t22-/m1/s1. The molecule has 1 aliphatic rings. The van der Waals surface area contributed by atoms with Gasteiger partial charge in [-0.05, 0) is 98.0 Å². The number of halogens is 1. The van der Waals surface area contributed by atoms with Crippen molar-refractivity contribution in [2.75, 3.05) is 23.4 Å². The summed E-state index contributed by atoms with van der Waals surface area (Å²) < 4.78 is 4.99. The molecule has 1 aromatic heterocycles. The van der Waals surface area contributed by atoms with Crippen LogP contribution in [0, 0.1) is 6.92 Å². The molecule has 37 heavy (non-hydrogen) atoms. The van der Waals surface area contributed by atoms with Crippen LogP contribution in [-0.2, 0) is 20.7 Å². The van der Waals surface area contributed by atoms with E-state index in [9.17, 15) is 14.4 Å². The lowest BCUT2D eigenvalue weighted by Crippen LogP contribution is -2.39. The summed E-state index contributed by atoms with van der Waals surface area (Å²) in [5.41, 5.74) is 2.71. The van der Waals surface area contributed by atoms with Crippen LogP contribution in [-0.4, -0.2) is 47.0 Å². The van der Waals surface area contributed by atoms with Gasteiger partial charge in [-0.25, -0.2) is 4.79 Å². The Morgan fingerprint density at radius 1 is 1.11 bits per heavy atom. The van der Waals surface area contributed by atoms with Crippen LogP contribution < -0.4 is 10.2 Å². The first-order chi connectivity index (χ1) is 17.8. The zero-order valence-corrected chi connectivity index (χ0v) is 22.8. The predicted octanol–water partition coefficient (Wildman–Crippen LogP) is 5.46. The lowest BCUT2D eigenvalue weighted by atomic mass is 10.1. The molecule has 1 fully saturated rings. The number of carbonyl (C=O) groups excluding carboxylic acids is 3. The molecular weight excluding hydrogens is 530 g/mol. The maximum absolute atomic E-state index is 13.5. The van der Waals surface area contributed by atoms with Gasteiger partial charge in [0.1, 0.15) is 6.04 Å². The highest BCUT2D eigenvalue weighted by atomic mass is 35.5. The fourth-order valence-corrected chi connectivity index (χ4v) is 5.53. The van der Waals surface area contributed by atoms with E-state index in [0.717, 1.165) is 0 Å². The third-order valence-corrected chi connectivity index (χ3v) is 7.76. The Hall–Kier alpha value is -3.27. The monoisotopic (exact) mass is 555 g/mol. The van der Waals surface area contributed by atoms with E-state index in [0.29, 0.717) is 40.0 Å². The average Bonchev–Trinajstić information content (AvgIpc) is 3.38. The minimum atomic E-state index is -0.748. The van der Waals surface area contributed by atoms with Crippen LogP contribution in [0.25, 0.3) is 0 Å². The van der Waals surface area contributed by atoms with Crippen LogP contribution >= 0.6 is 35.2 Å². The molecule has 0 bridgehead atoms. The molecule has 10 heteroatoms. The molecule has 0 aliphatic carbocycles. The molecule has 0 saturated carbocycles. The summed E-state index contributed by atoms with van der Waals surface area (Å²) in [6.45, 7) is 4.57. The molecule has 1 N–H and O–H groups in total. The quantitative estimate of drug-likeness (QED) is 0.279. The van der Waals surface area contributed by atoms with Crippen LogP contribution in [0.2, 0.25) is 5.02 Å². The molecule has 2 aromatic carbocycles. The van der Waals surface area contributed by atoms with Crippen molar-refractivity contribution in [1.82, 2.24) is 4.90 Å². The number of aryl methyl sites for hydroxylation is 1. The summed E-state index contributed by atoms with van der Waals surface area (Å²) in [5, 5.41) is 5.77. The molecule has 1 atom stereocenters. The second kappa shape index (κ2) is 11.9. The van der Waals surface area contributed by atoms with Gasteiger partial charge in [-0.3, -0.25) is 14.5 Å².